The van der Waals surface area contributed by atoms with Crippen LogP contribution in [-0.4, -0.2) is 9.67 Å². The molecule has 16 heavy (non-hydrogen) atoms. The lowest BCUT2D eigenvalue weighted by Crippen LogP contribution is -2.28. The van der Waals surface area contributed by atoms with Gasteiger partial charge in [0.25, 0.3) is 0 Å². The van der Waals surface area contributed by atoms with Crippen LogP contribution in [0.2, 0.25) is 0 Å². The average Bonchev–Trinajstić information content (AvgIpc) is 2.54. The lowest BCUT2D eigenvalue weighted by molar-refractivity contribution is 0.476. The molecule has 0 saturated heterocycles. The zero-order valence-electron chi connectivity index (χ0n) is 9.99. The zero-order valence-corrected chi connectivity index (χ0v) is 9.99. The van der Waals surface area contributed by atoms with Crippen molar-refractivity contribution in [3.8, 4) is 5.75 Å². The highest BCUT2D eigenvalue weighted by molar-refractivity contribution is 5.86. The number of phenols is 1. The van der Waals surface area contributed by atoms with Crippen LogP contribution in [0.5, 0.6) is 5.75 Å². The Morgan fingerprint density at radius 2 is 2.06 bits per heavy atom. The summed E-state index contributed by atoms with van der Waals surface area (Å²) in [5.74, 6) is 0.284. The number of aromatic hydroxyl groups is 1. The van der Waals surface area contributed by atoms with Gasteiger partial charge in [-0.25, -0.2) is 0 Å². The van der Waals surface area contributed by atoms with Crippen molar-refractivity contribution in [1.29, 1.82) is 0 Å². The van der Waals surface area contributed by atoms with Gasteiger partial charge in [0.1, 0.15) is 5.75 Å². The fourth-order valence-electron chi connectivity index (χ4n) is 2.06. The van der Waals surface area contributed by atoms with Gasteiger partial charge in [-0.15, -0.1) is 0 Å². The molecular formula is C13H18N2O. The van der Waals surface area contributed by atoms with Crippen LogP contribution >= 0.6 is 0 Å². The normalized spacial score (nSPS) is 12.2. The highest BCUT2D eigenvalue weighted by Crippen LogP contribution is 2.31. The van der Waals surface area contributed by atoms with Crippen molar-refractivity contribution in [2.75, 3.05) is 0 Å². The Balaban J connectivity index is 2.79. The van der Waals surface area contributed by atoms with Gasteiger partial charge in [-0.05, 0) is 44.5 Å². The molecule has 0 saturated carbocycles. The summed E-state index contributed by atoms with van der Waals surface area (Å²) in [6, 6.07) is 5.43. The molecule has 3 N–H and O–H groups in total. The number of phenolic OH excluding ortho intramolecular Hbond substituents is 1. The van der Waals surface area contributed by atoms with Crippen LogP contribution in [0, 0.1) is 0 Å². The molecule has 0 amide bonds. The number of nitrogens with zero attached hydrogens (tertiary/aromatic N) is 1. The second-order valence-electron chi connectivity index (χ2n) is 4.75. The van der Waals surface area contributed by atoms with E-state index >= 15 is 0 Å². The van der Waals surface area contributed by atoms with Gasteiger partial charge in [-0.3, -0.25) is 0 Å². The van der Waals surface area contributed by atoms with Crippen molar-refractivity contribution in [2.24, 2.45) is 5.73 Å². The van der Waals surface area contributed by atoms with E-state index in [1.165, 1.54) is 0 Å². The molecule has 1 heterocycles. The van der Waals surface area contributed by atoms with Crippen LogP contribution in [0.3, 0.4) is 0 Å². The van der Waals surface area contributed by atoms with E-state index in [0.29, 0.717) is 0 Å². The molecule has 0 aliphatic rings. The molecule has 0 fully saturated rings. The Morgan fingerprint density at radius 3 is 2.62 bits per heavy atom. The fourth-order valence-corrected chi connectivity index (χ4v) is 2.06. The van der Waals surface area contributed by atoms with Crippen molar-refractivity contribution < 1.29 is 5.11 Å². The van der Waals surface area contributed by atoms with Gasteiger partial charge < -0.3 is 15.4 Å². The highest BCUT2D eigenvalue weighted by Gasteiger charge is 2.20. The third-order valence-corrected chi connectivity index (χ3v) is 2.90. The molecule has 0 unspecified atom stereocenters. The summed E-state index contributed by atoms with van der Waals surface area (Å²) in [5.41, 5.74) is 7.94. The van der Waals surface area contributed by atoms with E-state index in [4.69, 9.17) is 5.73 Å². The SMILES string of the molecule is CCn1cc(C(C)(C)N)c2cc(O)ccc21. The van der Waals surface area contributed by atoms with Gasteiger partial charge in [0, 0.05) is 29.2 Å². The Labute approximate surface area is 95.5 Å². The lowest BCUT2D eigenvalue weighted by atomic mass is 9.95. The van der Waals surface area contributed by atoms with Crippen LogP contribution < -0.4 is 5.73 Å². The van der Waals surface area contributed by atoms with Crippen molar-refractivity contribution in [1.82, 2.24) is 4.57 Å². The second-order valence-corrected chi connectivity index (χ2v) is 4.75. The van der Waals surface area contributed by atoms with Crippen molar-refractivity contribution in [3.05, 3.63) is 30.0 Å². The molecule has 0 atom stereocenters. The van der Waals surface area contributed by atoms with E-state index in [-0.39, 0.29) is 5.75 Å². The summed E-state index contributed by atoms with van der Waals surface area (Å²) in [4.78, 5) is 0. The summed E-state index contributed by atoms with van der Waals surface area (Å²) in [6.45, 7) is 6.95. The number of benzene rings is 1. The molecule has 0 aliphatic carbocycles. The third-order valence-electron chi connectivity index (χ3n) is 2.90. The molecule has 3 heteroatoms. The largest absolute Gasteiger partial charge is 0.508 e. The first-order valence-electron chi connectivity index (χ1n) is 5.54. The van der Waals surface area contributed by atoms with Gasteiger partial charge in [0.15, 0.2) is 0 Å². The second kappa shape index (κ2) is 3.52. The predicted octanol–water partition coefficient (Wildman–Crippen LogP) is 2.56. The van der Waals surface area contributed by atoms with Crippen molar-refractivity contribution in [3.63, 3.8) is 0 Å². The highest BCUT2D eigenvalue weighted by atomic mass is 16.3. The average molecular weight is 218 g/mol. The Morgan fingerprint density at radius 1 is 1.38 bits per heavy atom. The molecule has 86 valence electrons. The van der Waals surface area contributed by atoms with Crippen LogP contribution in [0.15, 0.2) is 24.4 Å². The Bertz CT molecular complexity index is 520. The van der Waals surface area contributed by atoms with E-state index in [0.717, 1.165) is 23.0 Å². The monoisotopic (exact) mass is 218 g/mol. The standard InChI is InChI=1S/C13H18N2O/c1-4-15-8-11(13(2,3)14)10-7-9(16)5-6-12(10)15/h5-8,16H,4,14H2,1-3H3. The van der Waals surface area contributed by atoms with E-state index in [1.54, 1.807) is 12.1 Å². The topological polar surface area (TPSA) is 51.2 Å². The van der Waals surface area contributed by atoms with E-state index < -0.39 is 5.54 Å². The fraction of sp³-hybridized carbons (Fsp3) is 0.385. The third kappa shape index (κ3) is 1.67. The number of aryl methyl sites for hydroxylation is 1. The first-order valence-corrected chi connectivity index (χ1v) is 5.54. The molecular weight excluding hydrogens is 200 g/mol. The van der Waals surface area contributed by atoms with Gasteiger partial charge >= 0.3 is 0 Å². The van der Waals surface area contributed by atoms with E-state index in [1.807, 2.05) is 19.9 Å². The van der Waals surface area contributed by atoms with Crippen LogP contribution in [0.25, 0.3) is 10.9 Å². The minimum absolute atomic E-state index is 0.284. The van der Waals surface area contributed by atoms with Crippen LogP contribution in [0.4, 0.5) is 0 Å². The molecule has 0 spiro atoms. The predicted molar refractivity (Wildman–Crippen MR) is 66.5 cm³/mol. The number of rotatable bonds is 2. The maximum atomic E-state index is 9.55. The number of hydrogen-bond acceptors (Lipinski definition) is 2. The molecule has 1 aromatic heterocycles. The number of hydrogen-bond donors (Lipinski definition) is 2. The summed E-state index contributed by atoms with van der Waals surface area (Å²) in [7, 11) is 0. The lowest BCUT2D eigenvalue weighted by Gasteiger charge is -2.17. The van der Waals surface area contributed by atoms with Gasteiger partial charge in [-0.2, -0.15) is 0 Å². The molecule has 0 bridgehead atoms. The summed E-state index contributed by atoms with van der Waals surface area (Å²) >= 11 is 0. The zero-order chi connectivity index (χ0) is 11.9. The first-order chi connectivity index (χ1) is 7.43. The summed E-state index contributed by atoms with van der Waals surface area (Å²) in [5, 5.41) is 10.6. The number of fused-ring (bicyclic) bond motifs is 1. The minimum atomic E-state index is -0.396. The molecule has 2 rings (SSSR count). The Hall–Kier alpha value is -1.48. The minimum Gasteiger partial charge on any atom is -0.508 e. The van der Waals surface area contributed by atoms with Gasteiger partial charge in [0.2, 0.25) is 0 Å². The maximum absolute atomic E-state index is 9.55. The molecule has 1 aromatic carbocycles. The van der Waals surface area contributed by atoms with Crippen LogP contribution in [0.1, 0.15) is 26.3 Å². The van der Waals surface area contributed by atoms with E-state index in [2.05, 4.69) is 17.7 Å². The first kappa shape index (κ1) is 11.0. The smallest absolute Gasteiger partial charge is 0.116 e. The summed E-state index contributed by atoms with van der Waals surface area (Å²) in [6.07, 6.45) is 2.07. The Kier molecular flexibility index (Phi) is 2.43. The number of nitrogens with two attached hydrogens (primary N) is 1. The van der Waals surface area contributed by atoms with Gasteiger partial charge in [-0.1, -0.05) is 0 Å². The molecule has 0 radical (unpaired) electrons. The van der Waals surface area contributed by atoms with Gasteiger partial charge in [0.05, 0.1) is 0 Å². The van der Waals surface area contributed by atoms with Crippen LogP contribution in [-0.2, 0) is 12.1 Å². The molecule has 2 aromatic rings. The quantitative estimate of drug-likeness (QED) is 0.814. The van der Waals surface area contributed by atoms with E-state index in [9.17, 15) is 5.11 Å². The summed E-state index contributed by atoms with van der Waals surface area (Å²) < 4.78 is 2.15. The molecule has 3 nitrogen and oxygen atoms in total. The molecule has 0 aliphatic heterocycles. The number of aromatic nitrogens is 1. The maximum Gasteiger partial charge on any atom is 0.116 e. The van der Waals surface area contributed by atoms with Crippen molar-refractivity contribution in [2.45, 2.75) is 32.9 Å². The van der Waals surface area contributed by atoms with Crippen molar-refractivity contribution >= 4 is 10.9 Å².